The molecule has 1 unspecified atom stereocenters. The summed E-state index contributed by atoms with van der Waals surface area (Å²) in [5.74, 6) is -4.21. The zero-order valence-electron chi connectivity index (χ0n) is 14.9. The van der Waals surface area contributed by atoms with Crippen molar-refractivity contribution >= 4 is 11.6 Å². The maximum absolute atomic E-state index is 12.6. The van der Waals surface area contributed by atoms with Gasteiger partial charge in [-0.2, -0.15) is 26.3 Å². The van der Waals surface area contributed by atoms with Crippen LogP contribution in [0.25, 0.3) is 0 Å². The average Bonchev–Trinajstić information content (AvgIpc) is 2.65. The normalized spacial score (nSPS) is 19.8. The summed E-state index contributed by atoms with van der Waals surface area (Å²) in [6.07, 6.45) is -4.63. The van der Waals surface area contributed by atoms with Gasteiger partial charge in [0, 0.05) is 12.2 Å². The third-order valence-corrected chi connectivity index (χ3v) is 4.13. The molecule has 1 atom stereocenters. The van der Waals surface area contributed by atoms with Crippen LogP contribution in [-0.2, 0) is 20.5 Å². The molecule has 0 aromatic heterocycles. The molecule has 10 heteroatoms. The molecular formula is C20H12F6O4. The van der Waals surface area contributed by atoms with E-state index in [0.29, 0.717) is 0 Å². The highest BCUT2D eigenvalue weighted by Gasteiger charge is 2.38. The minimum atomic E-state index is -4.54. The number of hydrogen-bond donors (Lipinski definition) is 0. The van der Waals surface area contributed by atoms with Crippen molar-refractivity contribution in [1.82, 2.24) is 0 Å². The lowest BCUT2D eigenvalue weighted by atomic mass is 9.99. The number of allylic oxidation sites excluding steroid dienone is 5. The molecule has 1 aromatic carbocycles. The summed E-state index contributed by atoms with van der Waals surface area (Å²) in [6.45, 7) is 0. The fourth-order valence-corrected chi connectivity index (χ4v) is 2.57. The molecule has 0 N–H and O–H groups in total. The Morgan fingerprint density at radius 1 is 0.833 bits per heavy atom. The lowest BCUT2D eigenvalue weighted by Gasteiger charge is -2.20. The summed E-state index contributed by atoms with van der Waals surface area (Å²) in [5.41, 5.74) is -0.910. The van der Waals surface area contributed by atoms with E-state index < -0.39 is 46.9 Å². The van der Waals surface area contributed by atoms with Gasteiger partial charge >= 0.3 is 12.4 Å². The fraction of sp³-hybridized carbons (Fsp3) is 0.200. The van der Waals surface area contributed by atoms with Crippen molar-refractivity contribution in [1.29, 1.82) is 0 Å². The topological polar surface area (TPSA) is 52.6 Å². The first kappa shape index (κ1) is 21.4. The zero-order chi connectivity index (χ0) is 22.1. The van der Waals surface area contributed by atoms with E-state index in [4.69, 9.17) is 9.47 Å². The first-order chi connectivity index (χ1) is 13.9. The number of rotatable bonds is 4. The smallest absolute Gasteiger partial charge is 0.416 e. The third kappa shape index (κ3) is 5.00. The maximum atomic E-state index is 12.6. The highest BCUT2D eigenvalue weighted by molar-refractivity contribution is 6.18. The quantitative estimate of drug-likeness (QED) is 0.496. The van der Waals surface area contributed by atoms with Crippen LogP contribution in [0.1, 0.15) is 12.0 Å². The number of benzene rings is 1. The number of alkyl halides is 6. The summed E-state index contributed by atoms with van der Waals surface area (Å²) in [6, 6.07) is 3.49. The largest absolute Gasteiger partial charge is 0.453 e. The number of ether oxygens (including phenoxy) is 2. The first-order valence-electron chi connectivity index (χ1n) is 8.43. The zero-order valence-corrected chi connectivity index (χ0v) is 14.9. The van der Waals surface area contributed by atoms with Crippen molar-refractivity contribution in [2.45, 2.75) is 18.8 Å². The van der Waals surface area contributed by atoms with Gasteiger partial charge in [-0.3, -0.25) is 9.59 Å². The molecule has 0 bridgehead atoms. The molecule has 2 aliphatic rings. The van der Waals surface area contributed by atoms with Gasteiger partial charge in [-0.1, -0.05) is 6.08 Å². The van der Waals surface area contributed by atoms with E-state index in [1.54, 1.807) is 0 Å². The van der Waals surface area contributed by atoms with Gasteiger partial charge in [0.1, 0.15) is 11.5 Å². The maximum Gasteiger partial charge on any atom is 0.416 e. The molecule has 1 aromatic rings. The number of hydrogen-bond acceptors (Lipinski definition) is 4. The van der Waals surface area contributed by atoms with E-state index in [1.807, 2.05) is 0 Å². The Labute approximate surface area is 165 Å². The standard InChI is InChI=1S/C20H12F6O4/c21-19(22,23)11-1-5-13(6-2-11)29-17-9-16(28)18(10-15(17)27)30-14-7-3-12(4-8-14)20(24,25)26/h1-3,5-10,12H,4H2. The Morgan fingerprint density at radius 3 is 1.87 bits per heavy atom. The van der Waals surface area contributed by atoms with E-state index in [9.17, 15) is 35.9 Å². The Hall–Kier alpha value is -3.30. The van der Waals surface area contributed by atoms with Crippen molar-refractivity contribution in [3.05, 3.63) is 77.5 Å². The molecule has 4 nitrogen and oxygen atoms in total. The summed E-state index contributed by atoms with van der Waals surface area (Å²) < 4.78 is 86.0. The van der Waals surface area contributed by atoms with Crippen LogP contribution >= 0.6 is 0 Å². The number of carbonyl (C=O) groups excluding carboxylic acids is 2. The van der Waals surface area contributed by atoms with Crippen molar-refractivity contribution in [3.63, 3.8) is 0 Å². The van der Waals surface area contributed by atoms with E-state index in [2.05, 4.69) is 0 Å². The van der Waals surface area contributed by atoms with Gasteiger partial charge in [-0.25, -0.2) is 0 Å². The van der Waals surface area contributed by atoms with Crippen LogP contribution in [0.4, 0.5) is 26.3 Å². The molecule has 3 rings (SSSR count). The van der Waals surface area contributed by atoms with Crippen LogP contribution in [-0.4, -0.2) is 17.7 Å². The van der Waals surface area contributed by atoms with Gasteiger partial charge in [0.25, 0.3) is 0 Å². The molecule has 30 heavy (non-hydrogen) atoms. The first-order valence-corrected chi connectivity index (χ1v) is 8.43. The molecule has 2 aliphatic carbocycles. The van der Waals surface area contributed by atoms with Gasteiger partial charge in [0.05, 0.1) is 11.5 Å². The minimum Gasteiger partial charge on any atom is -0.453 e. The Morgan fingerprint density at radius 2 is 1.40 bits per heavy atom. The van der Waals surface area contributed by atoms with E-state index in [-0.39, 0.29) is 17.9 Å². The van der Waals surface area contributed by atoms with Crippen LogP contribution in [0.5, 0.6) is 5.75 Å². The summed E-state index contributed by atoms with van der Waals surface area (Å²) in [4.78, 5) is 24.3. The van der Waals surface area contributed by atoms with Crippen molar-refractivity contribution in [2.75, 3.05) is 0 Å². The number of carbonyl (C=O) groups is 2. The summed E-state index contributed by atoms with van der Waals surface area (Å²) >= 11 is 0. The fourth-order valence-electron chi connectivity index (χ4n) is 2.57. The predicted molar refractivity (Wildman–Crippen MR) is 90.7 cm³/mol. The molecule has 158 valence electrons. The Kier molecular flexibility index (Phi) is 5.60. The lowest BCUT2D eigenvalue weighted by Crippen LogP contribution is -2.22. The second-order valence-corrected chi connectivity index (χ2v) is 6.32. The molecule has 0 amide bonds. The average molecular weight is 430 g/mol. The van der Waals surface area contributed by atoms with Crippen molar-refractivity contribution < 1.29 is 45.4 Å². The van der Waals surface area contributed by atoms with Crippen LogP contribution in [0.15, 0.2) is 71.9 Å². The van der Waals surface area contributed by atoms with Crippen LogP contribution in [0.2, 0.25) is 0 Å². The Bertz CT molecular complexity index is 978. The molecule has 0 heterocycles. The van der Waals surface area contributed by atoms with Crippen LogP contribution in [0.3, 0.4) is 0 Å². The van der Waals surface area contributed by atoms with E-state index in [1.165, 1.54) is 0 Å². The van der Waals surface area contributed by atoms with Gasteiger partial charge < -0.3 is 9.47 Å². The lowest BCUT2D eigenvalue weighted by molar-refractivity contribution is -0.160. The summed E-state index contributed by atoms with van der Waals surface area (Å²) in [7, 11) is 0. The highest BCUT2D eigenvalue weighted by Crippen LogP contribution is 2.34. The van der Waals surface area contributed by atoms with Gasteiger partial charge in [-0.05, 0) is 42.8 Å². The van der Waals surface area contributed by atoms with Gasteiger partial charge in [0.2, 0.25) is 11.6 Å². The second-order valence-electron chi connectivity index (χ2n) is 6.32. The van der Waals surface area contributed by atoms with Gasteiger partial charge in [-0.15, -0.1) is 0 Å². The molecule has 0 spiro atoms. The van der Waals surface area contributed by atoms with E-state index in [0.717, 1.165) is 54.6 Å². The van der Waals surface area contributed by atoms with Gasteiger partial charge in [0.15, 0.2) is 11.5 Å². The number of halogens is 6. The monoisotopic (exact) mass is 430 g/mol. The number of ketones is 2. The van der Waals surface area contributed by atoms with Crippen LogP contribution < -0.4 is 4.74 Å². The molecule has 0 saturated heterocycles. The highest BCUT2D eigenvalue weighted by atomic mass is 19.4. The molecule has 0 saturated carbocycles. The molecular weight excluding hydrogens is 418 g/mol. The summed E-state index contributed by atoms with van der Waals surface area (Å²) in [5, 5.41) is 0. The van der Waals surface area contributed by atoms with Crippen LogP contribution in [0, 0.1) is 5.92 Å². The SMILES string of the molecule is O=C1C=C(Oc2ccc(C(F)(F)F)cc2)C(=O)C=C1OC1=CCC(C(F)(F)F)C=C1. The third-order valence-electron chi connectivity index (χ3n) is 4.13. The second kappa shape index (κ2) is 7.85. The molecule has 0 fully saturated rings. The Balaban J connectivity index is 1.65. The predicted octanol–water partition coefficient (Wildman–Crippen LogP) is 5.04. The van der Waals surface area contributed by atoms with Crippen molar-refractivity contribution in [2.24, 2.45) is 5.92 Å². The molecule has 0 aliphatic heterocycles. The minimum absolute atomic E-state index is 0.0246. The molecule has 0 radical (unpaired) electrons. The van der Waals surface area contributed by atoms with E-state index >= 15 is 0 Å². The van der Waals surface area contributed by atoms with Crippen molar-refractivity contribution in [3.8, 4) is 5.75 Å².